The lowest BCUT2D eigenvalue weighted by Gasteiger charge is -2.17. The van der Waals surface area contributed by atoms with E-state index in [1.165, 1.54) is 18.5 Å². The molecule has 0 saturated carbocycles. The highest BCUT2D eigenvalue weighted by molar-refractivity contribution is 5.86. The molecule has 0 amide bonds. The number of nitrogens with two attached hydrogens (primary N) is 1. The van der Waals surface area contributed by atoms with E-state index in [0.29, 0.717) is 0 Å². The van der Waals surface area contributed by atoms with Crippen molar-refractivity contribution in [3.05, 3.63) is 30.1 Å². The van der Waals surface area contributed by atoms with Gasteiger partial charge in [-0.3, -0.25) is 4.98 Å². The smallest absolute Gasteiger partial charge is 0.0558 e. The van der Waals surface area contributed by atoms with Crippen LogP contribution in [0.1, 0.15) is 31.7 Å². The van der Waals surface area contributed by atoms with Gasteiger partial charge < -0.3 is 10.6 Å². The summed E-state index contributed by atoms with van der Waals surface area (Å²) in [5.41, 5.74) is 8.11. The Bertz CT molecular complexity index is 391. The fourth-order valence-corrected chi connectivity index (χ4v) is 2.10. The van der Waals surface area contributed by atoms with Crippen LogP contribution in [-0.2, 0) is 0 Å². The zero-order chi connectivity index (χ0) is 12.1. The van der Waals surface area contributed by atoms with Crippen molar-refractivity contribution in [2.24, 2.45) is 5.73 Å². The van der Waals surface area contributed by atoms with Crippen LogP contribution in [0.25, 0.3) is 6.08 Å². The van der Waals surface area contributed by atoms with Crippen LogP contribution in [-0.4, -0.2) is 24.1 Å². The van der Waals surface area contributed by atoms with Gasteiger partial charge in [0.15, 0.2) is 0 Å². The Kier molecular flexibility index (Phi) is 12.2. The van der Waals surface area contributed by atoms with Crippen LogP contribution < -0.4 is 10.6 Å². The highest BCUT2D eigenvalue weighted by Gasteiger charge is 2.12. The minimum Gasteiger partial charge on any atom is -0.370 e. The van der Waals surface area contributed by atoms with Crippen molar-refractivity contribution in [3.63, 3.8) is 0 Å². The summed E-state index contributed by atoms with van der Waals surface area (Å²) in [6, 6.07) is 2.43. The molecule has 0 unspecified atom stereocenters. The van der Waals surface area contributed by atoms with Gasteiger partial charge in [-0.05, 0) is 37.8 Å². The third-order valence-electron chi connectivity index (χ3n) is 3.03. The van der Waals surface area contributed by atoms with Gasteiger partial charge in [0.25, 0.3) is 0 Å². The first-order chi connectivity index (χ1) is 8.25. The molecular formula is C14H24Cl3N3. The summed E-state index contributed by atoms with van der Waals surface area (Å²) >= 11 is 0. The van der Waals surface area contributed by atoms with E-state index in [-0.39, 0.29) is 43.3 Å². The molecular weight excluding hydrogens is 317 g/mol. The van der Waals surface area contributed by atoms with E-state index in [4.69, 9.17) is 5.73 Å². The molecule has 1 aromatic rings. The van der Waals surface area contributed by atoms with Gasteiger partial charge >= 0.3 is 0 Å². The summed E-state index contributed by atoms with van der Waals surface area (Å²) in [6.07, 6.45) is 11.6. The molecule has 116 valence electrons. The van der Waals surface area contributed by atoms with E-state index in [9.17, 15) is 0 Å². The number of hydrogen-bond donors (Lipinski definition) is 1. The van der Waals surface area contributed by atoms with Crippen molar-refractivity contribution in [1.29, 1.82) is 0 Å². The number of anilines is 1. The summed E-state index contributed by atoms with van der Waals surface area (Å²) in [4.78, 5) is 6.70. The van der Waals surface area contributed by atoms with Crippen molar-refractivity contribution in [3.8, 4) is 0 Å². The number of aromatic nitrogens is 1. The fraction of sp³-hybridized carbons (Fsp3) is 0.500. The van der Waals surface area contributed by atoms with Gasteiger partial charge in [-0.25, -0.2) is 0 Å². The van der Waals surface area contributed by atoms with Gasteiger partial charge in [0.2, 0.25) is 0 Å². The van der Waals surface area contributed by atoms with Crippen molar-refractivity contribution < 1.29 is 0 Å². The highest BCUT2D eigenvalue weighted by atomic mass is 35.5. The summed E-state index contributed by atoms with van der Waals surface area (Å²) in [5.74, 6) is 0. The molecule has 1 saturated heterocycles. The van der Waals surface area contributed by atoms with Crippen molar-refractivity contribution >= 4 is 49.0 Å². The molecule has 1 fully saturated rings. The Hall–Kier alpha value is -0.480. The molecule has 0 bridgehead atoms. The van der Waals surface area contributed by atoms with Crippen LogP contribution in [0.3, 0.4) is 0 Å². The zero-order valence-electron chi connectivity index (χ0n) is 11.7. The second-order valence-corrected chi connectivity index (χ2v) is 4.79. The maximum Gasteiger partial charge on any atom is 0.0558 e. The number of hydrogen-bond acceptors (Lipinski definition) is 3. The van der Waals surface area contributed by atoms with Gasteiger partial charge in [0, 0.05) is 25.3 Å². The third kappa shape index (κ3) is 6.80. The van der Waals surface area contributed by atoms with Crippen LogP contribution >= 0.6 is 37.2 Å². The third-order valence-corrected chi connectivity index (χ3v) is 3.03. The van der Waals surface area contributed by atoms with E-state index >= 15 is 0 Å². The summed E-state index contributed by atoms with van der Waals surface area (Å²) < 4.78 is 0. The molecule has 1 aromatic heterocycles. The van der Waals surface area contributed by atoms with Gasteiger partial charge in [0.1, 0.15) is 0 Å². The molecule has 3 nitrogen and oxygen atoms in total. The van der Waals surface area contributed by atoms with Crippen LogP contribution in [0.5, 0.6) is 0 Å². The molecule has 2 N–H and O–H groups in total. The Balaban J connectivity index is 0. The Morgan fingerprint density at radius 1 is 1.25 bits per heavy atom. The average Bonchev–Trinajstić information content (AvgIpc) is 2.82. The van der Waals surface area contributed by atoms with Crippen molar-refractivity contribution in [2.45, 2.75) is 32.2 Å². The van der Waals surface area contributed by atoms with Crippen molar-refractivity contribution in [2.75, 3.05) is 18.0 Å². The minimum absolute atomic E-state index is 0. The molecule has 0 aliphatic carbocycles. The van der Waals surface area contributed by atoms with E-state index in [0.717, 1.165) is 25.1 Å². The van der Waals surface area contributed by atoms with E-state index < -0.39 is 0 Å². The molecule has 1 atom stereocenters. The maximum atomic E-state index is 5.71. The largest absolute Gasteiger partial charge is 0.370 e. The number of rotatable bonds is 4. The number of halogens is 3. The molecule has 0 aromatic carbocycles. The number of nitrogens with zero attached hydrogens (tertiary/aromatic N) is 2. The summed E-state index contributed by atoms with van der Waals surface area (Å²) in [5, 5.41) is 0. The molecule has 20 heavy (non-hydrogen) atoms. The molecule has 0 radical (unpaired) electrons. The molecule has 2 rings (SSSR count). The van der Waals surface area contributed by atoms with Crippen LogP contribution in [0, 0.1) is 0 Å². The quantitative estimate of drug-likeness (QED) is 0.908. The predicted molar refractivity (Wildman–Crippen MR) is 94.7 cm³/mol. The van der Waals surface area contributed by atoms with Crippen LogP contribution in [0.2, 0.25) is 0 Å². The molecule has 2 heterocycles. The van der Waals surface area contributed by atoms with E-state index in [1.807, 2.05) is 19.3 Å². The normalized spacial score (nSPS) is 15.2. The number of pyridine rings is 1. The first kappa shape index (κ1) is 21.8. The lowest BCUT2D eigenvalue weighted by Crippen LogP contribution is -2.17. The average molecular weight is 341 g/mol. The molecule has 0 spiro atoms. The molecule has 1 aliphatic rings. The van der Waals surface area contributed by atoms with Gasteiger partial charge in [-0.2, -0.15) is 0 Å². The van der Waals surface area contributed by atoms with Crippen LogP contribution in [0.4, 0.5) is 5.69 Å². The summed E-state index contributed by atoms with van der Waals surface area (Å²) in [7, 11) is 0. The Morgan fingerprint density at radius 2 is 1.90 bits per heavy atom. The van der Waals surface area contributed by atoms with E-state index in [2.05, 4.69) is 28.1 Å². The predicted octanol–water partition coefficient (Wildman–Crippen LogP) is 3.70. The fourth-order valence-electron chi connectivity index (χ4n) is 2.10. The highest BCUT2D eigenvalue weighted by Crippen LogP contribution is 2.20. The maximum absolute atomic E-state index is 5.71. The molecule has 1 aliphatic heterocycles. The Morgan fingerprint density at radius 3 is 2.50 bits per heavy atom. The summed E-state index contributed by atoms with van der Waals surface area (Å²) in [6.45, 7) is 4.34. The second kappa shape index (κ2) is 11.2. The SMILES string of the molecule is C[C@H](N)C/C=C/c1cncc(N2CCCC2)c1.Cl.Cl.Cl. The second-order valence-electron chi connectivity index (χ2n) is 4.79. The van der Waals surface area contributed by atoms with Gasteiger partial charge in [-0.15, -0.1) is 37.2 Å². The Labute approximate surface area is 140 Å². The van der Waals surface area contributed by atoms with Crippen LogP contribution in [0.15, 0.2) is 24.5 Å². The minimum atomic E-state index is 0. The first-order valence-electron chi connectivity index (χ1n) is 6.38. The lowest BCUT2D eigenvalue weighted by molar-refractivity contribution is 0.759. The van der Waals surface area contributed by atoms with Gasteiger partial charge in [-0.1, -0.05) is 12.2 Å². The van der Waals surface area contributed by atoms with Crippen molar-refractivity contribution in [1.82, 2.24) is 4.98 Å². The van der Waals surface area contributed by atoms with Gasteiger partial charge in [0.05, 0.1) is 11.9 Å². The topological polar surface area (TPSA) is 42.1 Å². The van der Waals surface area contributed by atoms with E-state index in [1.54, 1.807) is 0 Å². The zero-order valence-corrected chi connectivity index (χ0v) is 14.1. The molecule has 6 heteroatoms. The standard InChI is InChI=1S/C14H21N3.3ClH/c1-12(15)5-4-6-13-9-14(11-16-10-13)17-7-2-3-8-17;;;/h4,6,9-12H,2-3,5,7-8,15H2,1H3;3*1H/b6-4+;;;/t12-;;;/m0.../s1. The lowest BCUT2D eigenvalue weighted by atomic mass is 10.2. The first-order valence-corrected chi connectivity index (χ1v) is 6.38. The monoisotopic (exact) mass is 339 g/mol.